The minimum atomic E-state index is -1.02. The molecule has 1 aromatic carbocycles. The zero-order valence-corrected chi connectivity index (χ0v) is 11.0. The normalized spacial score (nSPS) is 16.6. The average molecular weight is 272 g/mol. The molecule has 0 aliphatic heterocycles. The Morgan fingerprint density at radius 3 is 2.75 bits per heavy atom. The van der Waals surface area contributed by atoms with Crippen molar-refractivity contribution in [2.45, 2.75) is 24.9 Å². The summed E-state index contributed by atoms with van der Waals surface area (Å²) in [6, 6.07) is 7.38. The molecule has 0 amide bonds. The lowest BCUT2D eigenvalue weighted by molar-refractivity contribution is -0.0202. The van der Waals surface area contributed by atoms with Gasteiger partial charge in [-0.05, 0) is 25.3 Å². The van der Waals surface area contributed by atoms with Crippen LogP contribution in [0.3, 0.4) is 0 Å². The highest BCUT2D eigenvalue weighted by Gasteiger charge is 2.34. The molecule has 1 saturated carbocycles. The first-order chi connectivity index (χ1) is 9.59. The predicted octanol–water partition coefficient (Wildman–Crippen LogP) is 2.26. The number of aromatic carboxylic acids is 1. The summed E-state index contributed by atoms with van der Waals surface area (Å²) in [5.41, 5.74) is 0.691. The van der Waals surface area contributed by atoms with Gasteiger partial charge in [0, 0.05) is 18.1 Å². The van der Waals surface area contributed by atoms with Crippen molar-refractivity contribution in [2.24, 2.45) is 0 Å². The quantitative estimate of drug-likeness (QED) is 0.795. The number of hydrogen-bond donors (Lipinski definition) is 3. The number of carboxylic acids is 1. The van der Waals surface area contributed by atoms with E-state index in [2.05, 4.69) is 10.3 Å². The van der Waals surface area contributed by atoms with E-state index in [9.17, 15) is 15.0 Å². The lowest BCUT2D eigenvalue weighted by Gasteiger charge is -2.37. The molecular formula is C15H16N2O3. The summed E-state index contributed by atoms with van der Waals surface area (Å²) in [7, 11) is 0. The molecule has 104 valence electrons. The third-order valence-electron chi connectivity index (χ3n) is 3.88. The van der Waals surface area contributed by atoms with E-state index < -0.39 is 11.6 Å². The number of aromatic nitrogens is 1. The Bertz CT molecular complexity index is 665. The van der Waals surface area contributed by atoms with Crippen LogP contribution < -0.4 is 5.32 Å². The molecule has 5 nitrogen and oxygen atoms in total. The minimum absolute atomic E-state index is 0.131. The number of para-hydroxylation sites is 1. The molecule has 1 fully saturated rings. The zero-order chi connectivity index (χ0) is 14.2. The molecule has 0 bridgehead atoms. The van der Waals surface area contributed by atoms with Crippen molar-refractivity contribution in [2.75, 3.05) is 11.9 Å². The van der Waals surface area contributed by atoms with Gasteiger partial charge in [0.05, 0.1) is 16.8 Å². The molecule has 1 aliphatic carbocycles. The summed E-state index contributed by atoms with van der Waals surface area (Å²) in [5, 5.41) is 23.3. The highest BCUT2D eigenvalue weighted by atomic mass is 16.4. The predicted molar refractivity (Wildman–Crippen MR) is 76.0 cm³/mol. The van der Waals surface area contributed by atoms with Crippen molar-refractivity contribution in [3.05, 3.63) is 36.0 Å². The van der Waals surface area contributed by atoms with Gasteiger partial charge < -0.3 is 15.5 Å². The fourth-order valence-corrected chi connectivity index (χ4v) is 2.51. The number of hydrogen-bond acceptors (Lipinski definition) is 4. The first-order valence-electron chi connectivity index (χ1n) is 6.66. The number of nitrogens with zero attached hydrogens (tertiary/aromatic N) is 1. The fraction of sp³-hybridized carbons (Fsp3) is 0.333. The smallest absolute Gasteiger partial charge is 0.339 e. The summed E-state index contributed by atoms with van der Waals surface area (Å²) < 4.78 is 0. The Kier molecular flexibility index (Phi) is 3.06. The van der Waals surface area contributed by atoms with Gasteiger partial charge in [-0.25, -0.2) is 4.79 Å². The van der Waals surface area contributed by atoms with Crippen LogP contribution in [0.1, 0.15) is 29.6 Å². The lowest BCUT2D eigenvalue weighted by atomic mass is 9.80. The first kappa shape index (κ1) is 12.9. The largest absolute Gasteiger partial charge is 0.478 e. The second-order valence-electron chi connectivity index (χ2n) is 5.30. The Labute approximate surface area is 116 Å². The Morgan fingerprint density at radius 1 is 1.35 bits per heavy atom. The zero-order valence-electron chi connectivity index (χ0n) is 11.0. The molecule has 1 aromatic heterocycles. The topological polar surface area (TPSA) is 82.5 Å². The summed E-state index contributed by atoms with van der Waals surface area (Å²) in [6.45, 7) is 0.362. The van der Waals surface area contributed by atoms with Crippen LogP contribution in [0.5, 0.6) is 0 Å². The van der Waals surface area contributed by atoms with Crippen molar-refractivity contribution in [3.8, 4) is 0 Å². The number of benzene rings is 1. The summed E-state index contributed by atoms with van der Waals surface area (Å²) >= 11 is 0. The second kappa shape index (κ2) is 4.76. The van der Waals surface area contributed by atoms with Crippen LogP contribution in [0, 0.1) is 0 Å². The highest BCUT2D eigenvalue weighted by molar-refractivity contribution is 6.04. The van der Waals surface area contributed by atoms with Crippen molar-refractivity contribution < 1.29 is 15.0 Å². The molecule has 0 unspecified atom stereocenters. The maximum atomic E-state index is 11.3. The number of anilines is 1. The van der Waals surface area contributed by atoms with E-state index in [4.69, 9.17) is 0 Å². The number of pyridine rings is 1. The van der Waals surface area contributed by atoms with Gasteiger partial charge in [0.15, 0.2) is 0 Å². The Hall–Kier alpha value is -2.14. The molecule has 3 rings (SSSR count). The van der Waals surface area contributed by atoms with E-state index >= 15 is 0 Å². The third-order valence-corrected chi connectivity index (χ3v) is 3.88. The van der Waals surface area contributed by atoms with Gasteiger partial charge in [-0.3, -0.25) is 4.98 Å². The molecular weight excluding hydrogens is 256 g/mol. The van der Waals surface area contributed by atoms with E-state index in [0.717, 1.165) is 30.2 Å². The molecule has 2 aromatic rings. The molecule has 3 N–H and O–H groups in total. The van der Waals surface area contributed by atoms with Gasteiger partial charge in [0.2, 0.25) is 0 Å². The molecule has 20 heavy (non-hydrogen) atoms. The van der Waals surface area contributed by atoms with Crippen molar-refractivity contribution in [1.82, 2.24) is 4.98 Å². The monoisotopic (exact) mass is 272 g/mol. The average Bonchev–Trinajstić information content (AvgIpc) is 2.42. The molecule has 0 spiro atoms. The minimum Gasteiger partial charge on any atom is -0.478 e. The molecule has 0 saturated heterocycles. The van der Waals surface area contributed by atoms with Crippen LogP contribution in [-0.4, -0.2) is 33.3 Å². The van der Waals surface area contributed by atoms with Gasteiger partial charge in [-0.1, -0.05) is 18.2 Å². The summed E-state index contributed by atoms with van der Waals surface area (Å²) in [6.07, 6.45) is 3.88. The maximum absolute atomic E-state index is 11.3. The standard InChI is InChI=1S/C15H16N2O3/c18-14(19)11-8-16-12-5-2-1-4-10(12)13(11)17-9-15(20)6-3-7-15/h1-2,4-5,8,20H,3,6-7,9H2,(H,16,17)(H,18,19). The molecule has 5 heteroatoms. The van der Waals surface area contributed by atoms with Crippen molar-refractivity contribution >= 4 is 22.6 Å². The number of carboxylic acid groups (broad SMARTS) is 1. The fourth-order valence-electron chi connectivity index (χ4n) is 2.51. The number of fused-ring (bicyclic) bond motifs is 1. The van der Waals surface area contributed by atoms with E-state index in [1.54, 1.807) is 0 Å². The van der Waals surface area contributed by atoms with E-state index in [1.165, 1.54) is 6.20 Å². The Balaban J connectivity index is 2.00. The second-order valence-corrected chi connectivity index (χ2v) is 5.30. The van der Waals surface area contributed by atoms with Gasteiger partial charge in [-0.15, -0.1) is 0 Å². The SMILES string of the molecule is O=C(O)c1cnc2ccccc2c1NCC1(O)CCC1. The summed E-state index contributed by atoms with van der Waals surface area (Å²) in [5.74, 6) is -1.02. The van der Waals surface area contributed by atoms with Crippen LogP contribution in [-0.2, 0) is 0 Å². The molecule has 1 aliphatic rings. The Morgan fingerprint density at radius 2 is 2.10 bits per heavy atom. The van der Waals surface area contributed by atoms with E-state index in [1.807, 2.05) is 24.3 Å². The van der Waals surface area contributed by atoms with Crippen LogP contribution in [0.15, 0.2) is 30.5 Å². The van der Waals surface area contributed by atoms with Crippen LogP contribution in [0.4, 0.5) is 5.69 Å². The van der Waals surface area contributed by atoms with Gasteiger partial charge >= 0.3 is 5.97 Å². The van der Waals surface area contributed by atoms with Crippen molar-refractivity contribution in [3.63, 3.8) is 0 Å². The molecule has 0 radical (unpaired) electrons. The maximum Gasteiger partial charge on any atom is 0.339 e. The van der Waals surface area contributed by atoms with Gasteiger partial charge in [0.1, 0.15) is 5.56 Å². The highest BCUT2D eigenvalue weighted by Crippen LogP contribution is 2.33. The number of aliphatic hydroxyl groups is 1. The third kappa shape index (κ3) is 2.20. The van der Waals surface area contributed by atoms with Crippen LogP contribution in [0.25, 0.3) is 10.9 Å². The van der Waals surface area contributed by atoms with Crippen molar-refractivity contribution in [1.29, 1.82) is 0 Å². The van der Waals surface area contributed by atoms with Gasteiger partial charge in [0.25, 0.3) is 0 Å². The van der Waals surface area contributed by atoms with E-state index in [0.29, 0.717) is 12.2 Å². The number of carbonyl (C=O) groups is 1. The van der Waals surface area contributed by atoms with E-state index in [-0.39, 0.29) is 5.56 Å². The van der Waals surface area contributed by atoms with Crippen LogP contribution in [0.2, 0.25) is 0 Å². The van der Waals surface area contributed by atoms with Gasteiger partial charge in [-0.2, -0.15) is 0 Å². The first-order valence-corrected chi connectivity index (χ1v) is 6.66. The molecule has 1 heterocycles. The number of rotatable bonds is 4. The van der Waals surface area contributed by atoms with Crippen LogP contribution >= 0.6 is 0 Å². The molecule has 0 atom stereocenters. The summed E-state index contributed by atoms with van der Waals surface area (Å²) in [4.78, 5) is 15.5. The number of nitrogens with one attached hydrogen (secondary N) is 1. The lowest BCUT2D eigenvalue weighted by Crippen LogP contribution is -2.43.